The van der Waals surface area contributed by atoms with Gasteiger partial charge in [-0.1, -0.05) is 0 Å². The second kappa shape index (κ2) is 13.1. The normalized spacial score (nSPS) is 29.5. The molecule has 198 valence electrons. The first-order valence-corrected chi connectivity index (χ1v) is 13.1. The molecule has 0 radical (unpaired) electrons. The van der Waals surface area contributed by atoms with Crippen LogP contribution in [-0.2, 0) is 30.2 Å². The highest BCUT2D eigenvalue weighted by atomic mass is 19.1. The minimum absolute atomic E-state index is 0.255. The van der Waals surface area contributed by atoms with E-state index in [2.05, 4.69) is 0 Å². The zero-order chi connectivity index (χ0) is 24.6. The predicted octanol–water partition coefficient (Wildman–Crippen LogP) is 3.20. The molecule has 3 fully saturated rings. The Bertz CT molecular complexity index is 908. The number of hydrogen-bond donors (Lipinski definition) is 0. The Morgan fingerprint density at radius 1 is 1.03 bits per heavy atom. The molecular weight excluding hydrogens is 459 g/mol. The Morgan fingerprint density at radius 2 is 1.77 bits per heavy atom. The minimum Gasteiger partial charge on any atom is -0.353 e. The van der Waals surface area contributed by atoms with E-state index in [1.807, 2.05) is 0 Å². The van der Waals surface area contributed by atoms with Crippen LogP contribution >= 0.6 is 0 Å². The van der Waals surface area contributed by atoms with Gasteiger partial charge in [0.15, 0.2) is 12.6 Å². The predicted molar refractivity (Wildman–Crippen MR) is 126 cm³/mol. The largest absolute Gasteiger partial charge is 0.353 e. The van der Waals surface area contributed by atoms with Crippen molar-refractivity contribution in [3.63, 3.8) is 0 Å². The molecule has 0 saturated carbocycles. The number of aromatic nitrogens is 2. The maximum atomic E-state index is 13.3. The van der Waals surface area contributed by atoms with Gasteiger partial charge in [-0.05, 0) is 64.7 Å². The van der Waals surface area contributed by atoms with Crippen LogP contribution in [-0.4, -0.2) is 60.4 Å². The number of aryl methyl sites for hydroxylation is 1. The monoisotopic (exact) mass is 498 g/mol. The summed E-state index contributed by atoms with van der Waals surface area (Å²) in [5.74, 6) is 0. The summed E-state index contributed by atoms with van der Waals surface area (Å²) in [6.07, 6.45) is 7.61. The zero-order valence-corrected chi connectivity index (χ0v) is 20.7. The first-order valence-electron chi connectivity index (χ1n) is 13.1. The van der Waals surface area contributed by atoms with Crippen LogP contribution in [0, 0.1) is 6.92 Å². The summed E-state index contributed by atoms with van der Waals surface area (Å²) in [7, 11) is 0. The molecule has 0 bridgehead atoms. The topological polar surface area (TPSA) is 90.2 Å². The van der Waals surface area contributed by atoms with Crippen molar-refractivity contribution in [2.75, 3.05) is 26.5 Å². The van der Waals surface area contributed by atoms with Crippen molar-refractivity contribution >= 4 is 0 Å². The summed E-state index contributed by atoms with van der Waals surface area (Å²) in [6.45, 7) is 3.20. The smallest absolute Gasteiger partial charge is 0.333 e. The standard InChI is InChI=1S/C25H39FN2O7/c1-18-16-28(25(30)27(24(18)29)12-6-2-5-11-26)21-15-19(35-23-10-4-8-14-32-23)20(34-21)17-33-22-9-3-7-13-31-22/h16,19-23H,2-15,17H2,1H3/t19-,20+,21+,22?,23?/m0/s1. The Labute approximate surface area is 205 Å². The number of nitrogens with zero attached hydrogens (tertiary/aromatic N) is 2. The average Bonchev–Trinajstić information content (AvgIpc) is 3.28. The van der Waals surface area contributed by atoms with Crippen molar-refractivity contribution in [2.45, 2.75) is 109 Å². The van der Waals surface area contributed by atoms with Crippen LogP contribution in [0.5, 0.6) is 0 Å². The Kier molecular flexibility index (Phi) is 9.91. The van der Waals surface area contributed by atoms with Crippen LogP contribution in [0.4, 0.5) is 4.39 Å². The fraction of sp³-hybridized carbons (Fsp3) is 0.840. The van der Waals surface area contributed by atoms with Crippen LogP contribution in [0.15, 0.2) is 15.8 Å². The van der Waals surface area contributed by atoms with Gasteiger partial charge < -0.3 is 23.7 Å². The van der Waals surface area contributed by atoms with E-state index in [-0.39, 0.29) is 37.4 Å². The molecule has 9 nitrogen and oxygen atoms in total. The lowest BCUT2D eigenvalue weighted by Crippen LogP contribution is -2.42. The van der Waals surface area contributed by atoms with E-state index < -0.39 is 24.7 Å². The summed E-state index contributed by atoms with van der Waals surface area (Å²) in [4.78, 5) is 25.9. The molecule has 4 rings (SSSR count). The lowest BCUT2D eigenvalue weighted by Gasteiger charge is -2.29. The van der Waals surface area contributed by atoms with Gasteiger partial charge in [0.25, 0.3) is 5.56 Å². The summed E-state index contributed by atoms with van der Waals surface area (Å²) in [5, 5.41) is 0. The third kappa shape index (κ3) is 7.01. The van der Waals surface area contributed by atoms with Crippen molar-refractivity contribution in [3.05, 3.63) is 32.6 Å². The SMILES string of the molecule is Cc1cn([C@H]2C[C@H](OC3CCCCO3)[C@@H](COC3CCCCO3)O2)c(=O)n(CCCCCF)c1=O. The van der Waals surface area contributed by atoms with E-state index in [0.29, 0.717) is 44.5 Å². The number of unbranched alkanes of at least 4 members (excludes halogenated alkanes) is 2. The van der Waals surface area contributed by atoms with E-state index >= 15 is 0 Å². The highest BCUT2D eigenvalue weighted by Crippen LogP contribution is 2.33. The fourth-order valence-corrected chi connectivity index (χ4v) is 4.93. The molecule has 1 aromatic rings. The van der Waals surface area contributed by atoms with Crippen molar-refractivity contribution < 1.29 is 28.1 Å². The molecule has 35 heavy (non-hydrogen) atoms. The number of rotatable bonds is 11. The van der Waals surface area contributed by atoms with Crippen LogP contribution in [0.2, 0.25) is 0 Å². The summed E-state index contributed by atoms with van der Waals surface area (Å²) in [5.41, 5.74) is -0.278. The molecule has 5 atom stereocenters. The Balaban J connectivity index is 1.49. The van der Waals surface area contributed by atoms with Gasteiger partial charge in [-0.25, -0.2) is 4.79 Å². The molecule has 0 spiro atoms. The maximum Gasteiger partial charge on any atom is 0.333 e. The number of alkyl halides is 1. The van der Waals surface area contributed by atoms with Crippen molar-refractivity contribution in [1.29, 1.82) is 0 Å². The quantitative estimate of drug-likeness (QED) is 0.433. The molecule has 0 aromatic carbocycles. The number of hydrogen-bond acceptors (Lipinski definition) is 7. The molecule has 1 aromatic heterocycles. The van der Waals surface area contributed by atoms with Crippen LogP contribution in [0.1, 0.15) is 76.0 Å². The second-order valence-corrected chi connectivity index (χ2v) is 9.67. The van der Waals surface area contributed by atoms with Gasteiger partial charge in [0.05, 0.1) is 19.4 Å². The molecule has 3 aliphatic heterocycles. The van der Waals surface area contributed by atoms with Crippen LogP contribution in [0.3, 0.4) is 0 Å². The lowest BCUT2D eigenvalue weighted by atomic mass is 10.1. The molecule has 0 amide bonds. The molecular formula is C25H39FN2O7. The van der Waals surface area contributed by atoms with E-state index in [0.717, 1.165) is 38.5 Å². The van der Waals surface area contributed by atoms with Crippen LogP contribution in [0.25, 0.3) is 0 Å². The molecule has 2 unspecified atom stereocenters. The Hall–Kier alpha value is -1.59. The molecule has 3 saturated heterocycles. The molecule has 0 N–H and O–H groups in total. The average molecular weight is 499 g/mol. The van der Waals surface area contributed by atoms with E-state index in [1.165, 1.54) is 9.13 Å². The molecule has 10 heteroatoms. The van der Waals surface area contributed by atoms with Gasteiger partial charge in [0.1, 0.15) is 12.3 Å². The first kappa shape index (κ1) is 26.5. The van der Waals surface area contributed by atoms with Crippen molar-refractivity contribution in [3.8, 4) is 0 Å². The summed E-state index contributed by atoms with van der Waals surface area (Å²) >= 11 is 0. The van der Waals surface area contributed by atoms with E-state index in [9.17, 15) is 14.0 Å². The third-order valence-electron chi connectivity index (χ3n) is 6.92. The van der Waals surface area contributed by atoms with Gasteiger partial charge >= 0.3 is 5.69 Å². The molecule has 3 aliphatic rings. The van der Waals surface area contributed by atoms with E-state index in [4.69, 9.17) is 23.7 Å². The fourth-order valence-electron chi connectivity index (χ4n) is 4.93. The second-order valence-electron chi connectivity index (χ2n) is 9.67. The van der Waals surface area contributed by atoms with Crippen molar-refractivity contribution in [1.82, 2.24) is 9.13 Å². The molecule has 0 aliphatic carbocycles. The third-order valence-corrected chi connectivity index (χ3v) is 6.92. The maximum absolute atomic E-state index is 13.3. The number of halogens is 1. The van der Waals surface area contributed by atoms with Gasteiger partial charge in [-0.2, -0.15) is 0 Å². The van der Waals surface area contributed by atoms with Crippen molar-refractivity contribution in [2.24, 2.45) is 0 Å². The summed E-state index contributed by atoms with van der Waals surface area (Å²) in [6, 6.07) is 0. The highest BCUT2D eigenvalue weighted by Gasteiger charge is 2.40. The van der Waals surface area contributed by atoms with Gasteiger partial charge in [-0.15, -0.1) is 0 Å². The Morgan fingerprint density at radius 3 is 2.46 bits per heavy atom. The van der Waals surface area contributed by atoms with Gasteiger partial charge in [0.2, 0.25) is 0 Å². The molecule has 4 heterocycles. The minimum atomic E-state index is -0.589. The van der Waals surface area contributed by atoms with E-state index in [1.54, 1.807) is 13.1 Å². The van der Waals surface area contributed by atoms with Crippen LogP contribution < -0.4 is 11.2 Å². The first-order chi connectivity index (χ1) is 17.1. The van der Waals surface area contributed by atoms with Gasteiger partial charge in [-0.3, -0.25) is 18.3 Å². The summed E-state index contributed by atoms with van der Waals surface area (Å²) < 4.78 is 45.2. The number of ether oxygens (including phenoxy) is 5. The zero-order valence-electron chi connectivity index (χ0n) is 20.7. The highest BCUT2D eigenvalue weighted by molar-refractivity contribution is 5.04. The van der Waals surface area contributed by atoms with Gasteiger partial charge in [0, 0.05) is 37.9 Å². The lowest BCUT2D eigenvalue weighted by molar-refractivity contribution is -0.216.